The van der Waals surface area contributed by atoms with Crippen LogP contribution in [0.1, 0.15) is 11.1 Å². The molecule has 0 radical (unpaired) electrons. The van der Waals surface area contributed by atoms with E-state index in [9.17, 15) is 13.2 Å². The summed E-state index contributed by atoms with van der Waals surface area (Å²) in [6.07, 6.45) is -2.25. The summed E-state index contributed by atoms with van der Waals surface area (Å²) in [4.78, 5) is 7.98. The van der Waals surface area contributed by atoms with Crippen LogP contribution in [0.2, 0.25) is 0 Å². The van der Waals surface area contributed by atoms with Gasteiger partial charge in [-0.25, -0.2) is 4.98 Å². The third kappa shape index (κ3) is 7.34. The molecule has 6 nitrogen and oxygen atoms in total. The summed E-state index contributed by atoms with van der Waals surface area (Å²) < 4.78 is 47.0. The predicted molar refractivity (Wildman–Crippen MR) is 101 cm³/mol. The molecular formula is C19H23F3N4O2. The first-order chi connectivity index (χ1) is 13.4. The second-order valence-electron chi connectivity index (χ2n) is 5.82. The number of nitrogens with zero attached hydrogens (tertiary/aromatic N) is 2. The first-order valence-corrected chi connectivity index (χ1v) is 8.62. The summed E-state index contributed by atoms with van der Waals surface area (Å²) in [5.74, 6) is 1.27. The zero-order valence-electron chi connectivity index (χ0n) is 15.7. The van der Waals surface area contributed by atoms with E-state index in [0.29, 0.717) is 18.1 Å². The van der Waals surface area contributed by atoms with Crippen LogP contribution < -0.4 is 20.1 Å². The van der Waals surface area contributed by atoms with Gasteiger partial charge in [-0.05, 0) is 30.2 Å². The van der Waals surface area contributed by atoms with E-state index in [-0.39, 0.29) is 12.4 Å². The van der Waals surface area contributed by atoms with Gasteiger partial charge in [-0.2, -0.15) is 13.2 Å². The largest absolute Gasteiger partial charge is 0.497 e. The van der Waals surface area contributed by atoms with Gasteiger partial charge in [-0.1, -0.05) is 18.2 Å². The van der Waals surface area contributed by atoms with Crippen LogP contribution in [-0.4, -0.2) is 44.4 Å². The number of hydrogen-bond donors (Lipinski definition) is 2. The molecule has 1 aromatic heterocycles. The number of methoxy groups -OCH3 is 1. The molecule has 0 atom stereocenters. The molecule has 0 aliphatic carbocycles. The van der Waals surface area contributed by atoms with Crippen LogP contribution in [0, 0.1) is 0 Å². The van der Waals surface area contributed by atoms with E-state index >= 15 is 0 Å². The number of pyridine rings is 1. The smallest absolute Gasteiger partial charge is 0.422 e. The maximum Gasteiger partial charge on any atom is 0.422 e. The molecule has 2 rings (SSSR count). The van der Waals surface area contributed by atoms with Crippen molar-refractivity contribution < 1.29 is 22.6 Å². The molecule has 0 unspecified atom stereocenters. The number of nitrogens with one attached hydrogen (secondary N) is 2. The molecule has 2 N–H and O–H groups in total. The van der Waals surface area contributed by atoms with E-state index < -0.39 is 12.8 Å². The van der Waals surface area contributed by atoms with E-state index in [0.717, 1.165) is 17.7 Å². The lowest BCUT2D eigenvalue weighted by Crippen LogP contribution is -2.38. The maximum absolute atomic E-state index is 12.4. The number of halogens is 3. The van der Waals surface area contributed by atoms with Crippen molar-refractivity contribution in [1.29, 1.82) is 0 Å². The third-order valence-corrected chi connectivity index (χ3v) is 3.76. The van der Waals surface area contributed by atoms with Gasteiger partial charge in [0.2, 0.25) is 5.88 Å². The van der Waals surface area contributed by atoms with Crippen molar-refractivity contribution in [2.75, 3.05) is 27.3 Å². The number of ether oxygens (including phenoxy) is 2. The Hall–Kier alpha value is -2.97. The highest BCUT2D eigenvalue weighted by molar-refractivity contribution is 5.79. The molecule has 0 saturated carbocycles. The van der Waals surface area contributed by atoms with Gasteiger partial charge in [0.25, 0.3) is 0 Å². The molecule has 2 aromatic rings. The SMILES string of the molecule is CN=C(NCCc1ccc(OC)cc1)NCc1cccnc1OCC(F)(F)F. The van der Waals surface area contributed by atoms with Gasteiger partial charge >= 0.3 is 6.18 Å². The molecule has 152 valence electrons. The van der Waals surface area contributed by atoms with Crippen molar-refractivity contribution in [1.82, 2.24) is 15.6 Å². The molecule has 9 heteroatoms. The van der Waals surface area contributed by atoms with Gasteiger partial charge in [0.1, 0.15) is 5.75 Å². The van der Waals surface area contributed by atoms with Crippen LogP contribution in [-0.2, 0) is 13.0 Å². The predicted octanol–water partition coefficient (Wildman–Crippen LogP) is 2.94. The Bertz CT molecular complexity index is 765. The minimum absolute atomic E-state index is 0.0546. The van der Waals surface area contributed by atoms with Crippen LogP contribution in [0.5, 0.6) is 11.6 Å². The minimum Gasteiger partial charge on any atom is -0.497 e. The Balaban J connectivity index is 1.83. The standard InChI is InChI=1S/C19H23F3N4O2/c1-23-18(25-11-9-14-5-7-16(27-2)8-6-14)26-12-15-4-3-10-24-17(15)28-13-19(20,21)22/h3-8,10H,9,11-13H2,1-2H3,(H2,23,25,26). The average molecular weight is 396 g/mol. The van der Waals surface area contributed by atoms with Gasteiger partial charge in [-0.15, -0.1) is 0 Å². The molecule has 28 heavy (non-hydrogen) atoms. The normalized spacial score (nSPS) is 11.8. The van der Waals surface area contributed by atoms with Gasteiger partial charge < -0.3 is 20.1 Å². The molecule has 0 fully saturated rings. The quantitative estimate of drug-likeness (QED) is 0.531. The van der Waals surface area contributed by atoms with Crippen LogP contribution in [0.4, 0.5) is 13.2 Å². The Labute approximate surface area is 161 Å². The summed E-state index contributed by atoms with van der Waals surface area (Å²) in [5.41, 5.74) is 1.64. The monoisotopic (exact) mass is 396 g/mol. The number of benzene rings is 1. The number of guanidine groups is 1. The van der Waals surface area contributed by atoms with Crippen LogP contribution in [0.25, 0.3) is 0 Å². The summed E-state index contributed by atoms with van der Waals surface area (Å²) in [6.45, 7) is -0.522. The van der Waals surface area contributed by atoms with Crippen LogP contribution in [0.15, 0.2) is 47.6 Å². The van der Waals surface area contributed by atoms with Gasteiger partial charge in [-0.3, -0.25) is 4.99 Å². The van der Waals surface area contributed by atoms with Gasteiger partial charge in [0.15, 0.2) is 12.6 Å². The Morgan fingerprint density at radius 3 is 2.54 bits per heavy atom. The molecule has 1 aromatic carbocycles. The molecule has 0 aliphatic heterocycles. The van der Waals surface area contributed by atoms with E-state index in [1.54, 1.807) is 26.3 Å². The fraction of sp³-hybridized carbons (Fsp3) is 0.368. The van der Waals surface area contributed by atoms with Gasteiger partial charge in [0.05, 0.1) is 7.11 Å². The number of hydrogen-bond acceptors (Lipinski definition) is 4. The van der Waals surface area contributed by atoms with Crippen molar-refractivity contribution >= 4 is 5.96 Å². The van der Waals surface area contributed by atoms with E-state index in [2.05, 4.69) is 20.6 Å². The lowest BCUT2D eigenvalue weighted by molar-refractivity contribution is -0.154. The molecule has 0 spiro atoms. The Kier molecular flexibility index (Phi) is 7.91. The zero-order valence-corrected chi connectivity index (χ0v) is 15.7. The third-order valence-electron chi connectivity index (χ3n) is 3.76. The lowest BCUT2D eigenvalue weighted by atomic mass is 10.1. The average Bonchev–Trinajstić information content (AvgIpc) is 2.69. The van der Waals surface area contributed by atoms with E-state index in [1.165, 1.54) is 6.20 Å². The summed E-state index contributed by atoms with van der Waals surface area (Å²) in [7, 11) is 3.24. The van der Waals surface area contributed by atoms with Crippen molar-refractivity contribution in [3.63, 3.8) is 0 Å². The molecule has 0 amide bonds. The molecular weight excluding hydrogens is 373 g/mol. The Morgan fingerprint density at radius 2 is 1.89 bits per heavy atom. The van der Waals surface area contributed by atoms with Gasteiger partial charge in [0, 0.05) is 31.9 Å². The topological polar surface area (TPSA) is 67.8 Å². The molecule has 0 saturated heterocycles. The highest BCUT2D eigenvalue weighted by Gasteiger charge is 2.29. The summed E-state index contributed by atoms with van der Waals surface area (Å²) in [6, 6.07) is 11.0. The van der Waals surface area contributed by atoms with Crippen molar-refractivity contribution in [2.45, 2.75) is 19.1 Å². The summed E-state index contributed by atoms with van der Waals surface area (Å²) in [5, 5.41) is 6.20. The first-order valence-electron chi connectivity index (χ1n) is 8.62. The van der Waals surface area contributed by atoms with Crippen molar-refractivity contribution in [2.24, 2.45) is 4.99 Å². The lowest BCUT2D eigenvalue weighted by Gasteiger charge is -2.15. The van der Waals surface area contributed by atoms with Crippen molar-refractivity contribution in [3.05, 3.63) is 53.7 Å². The fourth-order valence-corrected chi connectivity index (χ4v) is 2.36. The highest BCUT2D eigenvalue weighted by Crippen LogP contribution is 2.19. The highest BCUT2D eigenvalue weighted by atomic mass is 19.4. The molecule has 0 aliphatic rings. The number of rotatable bonds is 8. The number of aliphatic imine (C=N–C) groups is 1. The molecule has 1 heterocycles. The first kappa shape index (κ1) is 21.3. The van der Waals surface area contributed by atoms with Crippen LogP contribution >= 0.6 is 0 Å². The zero-order chi connectivity index (χ0) is 20.4. The van der Waals surface area contributed by atoms with Crippen molar-refractivity contribution in [3.8, 4) is 11.6 Å². The van der Waals surface area contributed by atoms with E-state index in [4.69, 9.17) is 9.47 Å². The van der Waals surface area contributed by atoms with E-state index in [1.807, 2.05) is 24.3 Å². The maximum atomic E-state index is 12.4. The minimum atomic E-state index is -4.42. The summed E-state index contributed by atoms with van der Waals surface area (Å²) >= 11 is 0. The second-order valence-corrected chi connectivity index (χ2v) is 5.82. The molecule has 0 bridgehead atoms. The van der Waals surface area contributed by atoms with Crippen LogP contribution in [0.3, 0.4) is 0 Å². The Morgan fingerprint density at radius 1 is 1.14 bits per heavy atom. The number of aromatic nitrogens is 1. The fourth-order valence-electron chi connectivity index (χ4n) is 2.36. The number of alkyl halides is 3. The second kappa shape index (κ2) is 10.4.